The van der Waals surface area contributed by atoms with Gasteiger partial charge in [0.2, 0.25) is 5.91 Å². The van der Waals surface area contributed by atoms with Crippen LogP contribution in [0.5, 0.6) is 0 Å². The Bertz CT molecular complexity index is 413. The van der Waals surface area contributed by atoms with Crippen molar-refractivity contribution in [2.24, 2.45) is 0 Å². The minimum Gasteiger partial charge on any atom is -0.387 e. The first-order chi connectivity index (χ1) is 8.45. The molecule has 3 heteroatoms. The lowest BCUT2D eigenvalue weighted by molar-refractivity contribution is -0.132. The maximum absolute atomic E-state index is 11.3. The van der Waals surface area contributed by atoms with Crippen LogP contribution in [0.15, 0.2) is 18.2 Å². The Morgan fingerprint density at radius 3 is 2.61 bits per heavy atom. The van der Waals surface area contributed by atoms with Gasteiger partial charge < -0.3 is 10.0 Å². The van der Waals surface area contributed by atoms with Gasteiger partial charge in [-0.15, -0.1) is 0 Å². The van der Waals surface area contributed by atoms with Crippen molar-refractivity contribution in [2.45, 2.75) is 33.1 Å². The third-order valence-corrected chi connectivity index (χ3v) is 3.32. The van der Waals surface area contributed by atoms with Gasteiger partial charge in [-0.1, -0.05) is 32.0 Å². The van der Waals surface area contributed by atoms with Crippen molar-refractivity contribution in [2.75, 3.05) is 20.2 Å². The summed E-state index contributed by atoms with van der Waals surface area (Å²) in [5.41, 5.74) is 3.86. The summed E-state index contributed by atoms with van der Waals surface area (Å²) < 4.78 is 0. The fourth-order valence-electron chi connectivity index (χ4n) is 1.85. The van der Waals surface area contributed by atoms with Crippen molar-refractivity contribution < 1.29 is 9.90 Å². The number of benzene rings is 1. The predicted molar refractivity (Wildman–Crippen MR) is 73.7 cm³/mol. The van der Waals surface area contributed by atoms with Crippen molar-refractivity contribution in [1.29, 1.82) is 0 Å². The van der Waals surface area contributed by atoms with Gasteiger partial charge in [-0.2, -0.15) is 0 Å². The molecule has 0 aliphatic heterocycles. The Hall–Kier alpha value is -1.35. The van der Waals surface area contributed by atoms with Crippen molar-refractivity contribution >= 4 is 5.91 Å². The summed E-state index contributed by atoms with van der Waals surface area (Å²) in [7, 11) is 1.72. The van der Waals surface area contributed by atoms with Gasteiger partial charge in [0.05, 0.1) is 0 Å². The number of nitrogens with zero attached hydrogens (tertiary/aromatic N) is 1. The molecular formula is C15H23NO2. The zero-order chi connectivity index (χ0) is 13.7. The standard InChI is InChI=1S/C15H23NO2/c1-11(2)13-6-5-12(3)14(9-13)7-8-16(4)15(18)10-17/h5-6,9,11,17H,7-8,10H2,1-4H3. The van der Waals surface area contributed by atoms with Gasteiger partial charge in [0.1, 0.15) is 6.61 Å². The van der Waals surface area contributed by atoms with E-state index in [9.17, 15) is 4.79 Å². The van der Waals surface area contributed by atoms with E-state index in [-0.39, 0.29) is 5.91 Å². The molecule has 0 aliphatic carbocycles. The molecule has 0 aliphatic rings. The van der Waals surface area contributed by atoms with Gasteiger partial charge in [-0.3, -0.25) is 4.79 Å². The highest BCUT2D eigenvalue weighted by molar-refractivity contribution is 5.76. The first-order valence-electron chi connectivity index (χ1n) is 6.40. The van der Waals surface area contributed by atoms with E-state index in [1.54, 1.807) is 11.9 Å². The topological polar surface area (TPSA) is 40.5 Å². The van der Waals surface area contributed by atoms with Crippen LogP contribution in [0.25, 0.3) is 0 Å². The summed E-state index contributed by atoms with van der Waals surface area (Å²) in [6, 6.07) is 6.52. The summed E-state index contributed by atoms with van der Waals surface area (Å²) >= 11 is 0. The van der Waals surface area contributed by atoms with E-state index in [4.69, 9.17) is 5.11 Å². The average Bonchev–Trinajstić information content (AvgIpc) is 2.36. The van der Waals surface area contributed by atoms with E-state index in [2.05, 4.69) is 39.0 Å². The number of hydrogen-bond acceptors (Lipinski definition) is 2. The predicted octanol–water partition coefficient (Wildman–Crippen LogP) is 2.11. The summed E-state index contributed by atoms with van der Waals surface area (Å²) in [5, 5.41) is 8.78. The molecule has 0 fully saturated rings. The highest BCUT2D eigenvalue weighted by Crippen LogP contribution is 2.19. The Morgan fingerprint density at radius 2 is 2.06 bits per heavy atom. The highest BCUT2D eigenvalue weighted by atomic mass is 16.3. The lowest BCUT2D eigenvalue weighted by Crippen LogP contribution is -2.31. The lowest BCUT2D eigenvalue weighted by atomic mass is 9.96. The molecule has 0 spiro atoms. The minimum absolute atomic E-state index is 0.229. The van der Waals surface area contributed by atoms with Crippen LogP contribution < -0.4 is 0 Å². The first-order valence-corrected chi connectivity index (χ1v) is 6.40. The maximum Gasteiger partial charge on any atom is 0.248 e. The Labute approximate surface area is 109 Å². The molecule has 1 amide bonds. The normalized spacial score (nSPS) is 10.8. The number of aliphatic hydroxyl groups is 1. The van der Waals surface area contributed by atoms with Crippen molar-refractivity contribution in [3.05, 3.63) is 34.9 Å². The van der Waals surface area contributed by atoms with Crippen LogP contribution in [0.4, 0.5) is 0 Å². The fourth-order valence-corrected chi connectivity index (χ4v) is 1.85. The van der Waals surface area contributed by atoms with E-state index in [0.29, 0.717) is 12.5 Å². The molecule has 18 heavy (non-hydrogen) atoms. The zero-order valence-electron chi connectivity index (χ0n) is 11.7. The number of aryl methyl sites for hydroxylation is 1. The van der Waals surface area contributed by atoms with Gasteiger partial charge in [0.25, 0.3) is 0 Å². The Kier molecular flexibility index (Phi) is 5.35. The number of carbonyl (C=O) groups is 1. The molecule has 0 radical (unpaired) electrons. The maximum atomic E-state index is 11.3. The number of likely N-dealkylation sites (N-methyl/N-ethyl adjacent to an activating group) is 1. The zero-order valence-corrected chi connectivity index (χ0v) is 11.7. The van der Waals surface area contributed by atoms with Gasteiger partial charge in [-0.25, -0.2) is 0 Å². The smallest absolute Gasteiger partial charge is 0.248 e. The van der Waals surface area contributed by atoms with E-state index in [1.165, 1.54) is 16.7 Å². The Balaban J connectivity index is 2.72. The molecular weight excluding hydrogens is 226 g/mol. The molecule has 0 aromatic heterocycles. The fraction of sp³-hybridized carbons (Fsp3) is 0.533. The number of aliphatic hydroxyl groups excluding tert-OH is 1. The van der Waals surface area contributed by atoms with Crippen LogP contribution in [0, 0.1) is 6.92 Å². The molecule has 0 saturated carbocycles. The summed E-state index contributed by atoms with van der Waals surface area (Å²) in [6.07, 6.45) is 0.828. The van der Waals surface area contributed by atoms with Crippen LogP contribution in [-0.4, -0.2) is 36.1 Å². The highest BCUT2D eigenvalue weighted by Gasteiger charge is 2.08. The van der Waals surface area contributed by atoms with Gasteiger partial charge in [0.15, 0.2) is 0 Å². The quantitative estimate of drug-likeness (QED) is 0.868. The lowest BCUT2D eigenvalue weighted by Gasteiger charge is -2.17. The number of rotatable bonds is 5. The first kappa shape index (κ1) is 14.7. The van der Waals surface area contributed by atoms with Gasteiger partial charge >= 0.3 is 0 Å². The number of carbonyl (C=O) groups excluding carboxylic acids is 1. The van der Waals surface area contributed by atoms with E-state index in [0.717, 1.165) is 6.42 Å². The van der Waals surface area contributed by atoms with Crippen molar-refractivity contribution in [1.82, 2.24) is 4.90 Å². The molecule has 0 heterocycles. The number of hydrogen-bond donors (Lipinski definition) is 1. The third kappa shape index (κ3) is 3.84. The minimum atomic E-state index is -0.415. The van der Waals surface area contributed by atoms with Crippen LogP contribution in [-0.2, 0) is 11.2 Å². The van der Waals surface area contributed by atoms with E-state index >= 15 is 0 Å². The molecule has 0 unspecified atom stereocenters. The van der Waals surface area contributed by atoms with Gasteiger partial charge in [0, 0.05) is 13.6 Å². The molecule has 1 rings (SSSR count). The molecule has 0 bridgehead atoms. The second-order valence-electron chi connectivity index (χ2n) is 5.06. The second-order valence-corrected chi connectivity index (χ2v) is 5.06. The summed E-state index contributed by atoms with van der Waals surface area (Å²) in [5.74, 6) is 0.286. The molecule has 1 N–H and O–H groups in total. The number of amides is 1. The average molecular weight is 249 g/mol. The largest absolute Gasteiger partial charge is 0.387 e. The molecule has 3 nitrogen and oxygen atoms in total. The van der Waals surface area contributed by atoms with Gasteiger partial charge in [-0.05, 0) is 36.0 Å². The molecule has 100 valence electrons. The van der Waals surface area contributed by atoms with Crippen LogP contribution in [0.1, 0.15) is 36.5 Å². The van der Waals surface area contributed by atoms with E-state index < -0.39 is 6.61 Å². The van der Waals surface area contributed by atoms with Crippen LogP contribution in [0.3, 0.4) is 0 Å². The third-order valence-electron chi connectivity index (χ3n) is 3.32. The van der Waals surface area contributed by atoms with Crippen molar-refractivity contribution in [3.63, 3.8) is 0 Å². The second kappa shape index (κ2) is 6.55. The van der Waals surface area contributed by atoms with Crippen LogP contribution >= 0.6 is 0 Å². The van der Waals surface area contributed by atoms with E-state index in [1.807, 2.05) is 0 Å². The molecule has 0 atom stereocenters. The molecule has 1 aromatic rings. The SMILES string of the molecule is Cc1ccc(C(C)C)cc1CCN(C)C(=O)CO. The molecule has 1 aromatic carbocycles. The Morgan fingerprint density at radius 1 is 1.39 bits per heavy atom. The van der Waals surface area contributed by atoms with Crippen LogP contribution in [0.2, 0.25) is 0 Å². The monoisotopic (exact) mass is 249 g/mol. The summed E-state index contributed by atoms with van der Waals surface area (Å²) in [6.45, 7) is 6.67. The van der Waals surface area contributed by atoms with Crippen molar-refractivity contribution in [3.8, 4) is 0 Å². The summed E-state index contributed by atoms with van der Waals surface area (Å²) in [4.78, 5) is 12.8. The molecule has 0 saturated heterocycles.